The molecule has 4 heteroatoms. The molecular weight excluding hydrogens is 230 g/mol. The normalized spacial score (nSPS) is 28.9. The van der Waals surface area contributed by atoms with Crippen LogP contribution in [0.1, 0.15) is 38.8 Å². The van der Waals surface area contributed by atoms with E-state index >= 15 is 0 Å². The van der Waals surface area contributed by atoms with Crippen LogP contribution in [0.3, 0.4) is 0 Å². The highest BCUT2D eigenvalue weighted by Crippen LogP contribution is 2.31. The summed E-state index contributed by atoms with van der Waals surface area (Å²) in [4.78, 5) is 7.23. The van der Waals surface area contributed by atoms with Gasteiger partial charge in [0.25, 0.3) is 0 Å². The maximum atomic E-state index is 4.76. The van der Waals surface area contributed by atoms with Crippen LogP contribution in [0, 0.1) is 5.92 Å². The third-order valence-electron chi connectivity index (χ3n) is 3.72. The third-order valence-corrected chi connectivity index (χ3v) is 4.64. The Hall–Kier alpha value is -0.610. The molecule has 0 amide bonds. The predicted octanol–water partition coefficient (Wildman–Crippen LogP) is 2.63. The van der Waals surface area contributed by atoms with Crippen molar-refractivity contribution in [1.29, 1.82) is 0 Å². The number of aromatic nitrogens is 1. The highest BCUT2D eigenvalue weighted by Gasteiger charge is 2.28. The minimum absolute atomic E-state index is 0.653. The topological polar surface area (TPSA) is 28.2 Å². The minimum Gasteiger partial charge on any atom is -0.345 e. The van der Waals surface area contributed by atoms with Gasteiger partial charge in [0.15, 0.2) is 5.13 Å². The van der Waals surface area contributed by atoms with Gasteiger partial charge in [-0.05, 0) is 32.1 Å². The lowest BCUT2D eigenvalue weighted by molar-refractivity contribution is 0.625. The maximum Gasteiger partial charge on any atom is 0.185 e. The summed E-state index contributed by atoms with van der Waals surface area (Å²) in [5.74, 6) is 0.807. The summed E-state index contributed by atoms with van der Waals surface area (Å²) in [5, 5.41) is 6.95. The van der Waals surface area contributed by atoms with E-state index in [2.05, 4.69) is 29.4 Å². The Morgan fingerprint density at radius 1 is 1.47 bits per heavy atom. The molecule has 2 aliphatic rings. The summed E-state index contributed by atoms with van der Waals surface area (Å²) in [5.41, 5.74) is 1.21. The number of thiazole rings is 1. The molecule has 0 bridgehead atoms. The first-order valence-electron chi connectivity index (χ1n) is 6.67. The zero-order chi connectivity index (χ0) is 11.8. The molecule has 94 valence electrons. The third kappa shape index (κ3) is 2.63. The number of hydrogen-bond acceptors (Lipinski definition) is 4. The van der Waals surface area contributed by atoms with Crippen molar-refractivity contribution in [2.24, 2.45) is 5.92 Å². The minimum atomic E-state index is 0.653. The van der Waals surface area contributed by atoms with E-state index in [0.29, 0.717) is 6.04 Å². The number of rotatable bonds is 4. The van der Waals surface area contributed by atoms with Crippen LogP contribution in [0.4, 0.5) is 5.13 Å². The van der Waals surface area contributed by atoms with Crippen LogP contribution < -0.4 is 10.2 Å². The molecular formula is C13H21N3S. The molecule has 2 heterocycles. The molecule has 2 atom stereocenters. The Morgan fingerprint density at radius 2 is 2.29 bits per heavy atom. The second kappa shape index (κ2) is 4.58. The SMILES string of the molecule is CC1CC(C)N(c2nc(CNC3CC3)cs2)C1. The van der Waals surface area contributed by atoms with Gasteiger partial charge in [-0.3, -0.25) is 0 Å². The molecule has 17 heavy (non-hydrogen) atoms. The average Bonchev–Trinajstić information content (AvgIpc) is 2.90. The summed E-state index contributed by atoms with van der Waals surface area (Å²) in [6, 6.07) is 1.42. The Kier molecular flexibility index (Phi) is 3.09. The van der Waals surface area contributed by atoms with E-state index in [4.69, 9.17) is 4.98 Å². The molecule has 3 rings (SSSR count). The molecule has 0 radical (unpaired) electrons. The van der Waals surface area contributed by atoms with Gasteiger partial charge in [-0.25, -0.2) is 4.98 Å². The first kappa shape index (κ1) is 11.5. The van der Waals surface area contributed by atoms with Crippen molar-refractivity contribution in [3.05, 3.63) is 11.1 Å². The quantitative estimate of drug-likeness (QED) is 0.891. The standard InChI is InChI=1S/C13H21N3S/c1-9-5-10(2)16(7-9)13-15-12(8-17-13)6-14-11-3-4-11/h8-11,14H,3-7H2,1-2H3. The lowest BCUT2D eigenvalue weighted by Crippen LogP contribution is -2.26. The zero-order valence-corrected chi connectivity index (χ0v) is 11.5. The summed E-state index contributed by atoms with van der Waals surface area (Å²) in [6.07, 6.45) is 3.99. The number of hydrogen-bond donors (Lipinski definition) is 1. The first-order chi connectivity index (χ1) is 8.22. The Labute approximate surface area is 107 Å². The first-order valence-corrected chi connectivity index (χ1v) is 7.55. The Balaban J connectivity index is 1.62. The Morgan fingerprint density at radius 3 is 2.94 bits per heavy atom. The van der Waals surface area contributed by atoms with E-state index in [9.17, 15) is 0 Å². The van der Waals surface area contributed by atoms with E-state index < -0.39 is 0 Å². The lowest BCUT2D eigenvalue weighted by atomic mass is 10.1. The number of nitrogens with one attached hydrogen (secondary N) is 1. The van der Waals surface area contributed by atoms with Gasteiger partial charge in [0.05, 0.1) is 5.69 Å². The lowest BCUT2D eigenvalue weighted by Gasteiger charge is -2.19. The van der Waals surface area contributed by atoms with Gasteiger partial charge < -0.3 is 10.2 Å². The van der Waals surface area contributed by atoms with Crippen LogP contribution in [0.2, 0.25) is 0 Å². The summed E-state index contributed by atoms with van der Waals surface area (Å²) in [6.45, 7) is 6.76. The van der Waals surface area contributed by atoms with Crippen molar-refractivity contribution < 1.29 is 0 Å². The second-order valence-corrected chi connectivity index (χ2v) is 6.46. The van der Waals surface area contributed by atoms with Gasteiger partial charge in [0.1, 0.15) is 0 Å². The Bertz CT molecular complexity index is 386. The van der Waals surface area contributed by atoms with Crippen LogP contribution in [0.5, 0.6) is 0 Å². The van der Waals surface area contributed by atoms with Gasteiger partial charge >= 0.3 is 0 Å². The number of anilines is 1. The molecule has 0 spiro atoms. The van der Waals surface area contributed by atoms with Gasteiger partial charge in [-0.15, -0.1) is 11.3 Å². The van der Waals surface area contributed by atoms with Crippen LogP contribution in [-0.4, -0.2) is 23.6 Å². The molecule has 2 unspecified atom stereocenters. The van der Waals surface area contributed by atoms with Crippen LogP contribution in [-0.2, 0) is 6.54 Å². The monoisotopic (exact) mass is 251 g/mol. The second-order valence-electron chi connectivity index (χ2n) is 5.62. The summed E-state index contributed by atoms with van der Waals surface area (Å²) < 4.78 is 0. The molecule has 2 fully saturated rings. The fourth-order valence-corrected chi connectivity index (χ4v) is 3.55. The average molecular weight is 251 g/mol. The fourth-order valence-electron chi connectivity index (χ4n) is 2.61. The van der Waals surface area contributed by atoms with Crippen molar-refractivity contribution in [1.82, 2.24) is 10.3 Å². The van der Waals surface area contributed by atoms with E-state index in [-0.39, 0.29) is 0 Å². The molecule has 1 aromatic rings. The van der Waals surface area contributed by atoms with Crippen LogP contribution in [0.25, 0.3) is 0 Å². The largest absolute Gasteiger partial charge is 0.345 e. The van der Waals surface area contributed by atoms with Crippen LogP contribution >= 0.6 is 11.3 Å². The molecule has 1 aliphatic carbocycles. The molecule has 0 aromatic carbocycles. The van der Waals surface area contributed by atoms with Gasteiger partial charge in [-0.1, -0.05) is 6.92 Å². The predicted molar refractivity (Wildman–Crippen MR) is 72.6 cm³/mol. The summed E-state index contributed by atoms with van der Waals surface area (Å²) >= 11 is 1.80. The molecule has 1 saturated carbocycles. The van der Waals surface area contributed by atoms with E-state index in [1.165, 1.54) is 36.6 Å². The molecule has 1 aromatic heterocycles. The van der Waals surface area contributed by atoms with E-state index in [1.54, 1.807) is 11.3 Å². The van der Waals surface area contributed by atoms with E-state index in [0.717, 1.165) is 18.5 Å². The molecule has 3 nitrogen and oxygen atoms in total. The molecule has 1 aliphatic heterocycles. The highest BCUT2D eigenvalue weighted by atomic mass is 32.1. The fraction of sp³-hybridized carbons (Fsp3) is 0.769. The zero-order valence-electron chi connectivity index (χ0n) is 10.6. The number of nitrogens with zero attached hydrogens (tertiary/aromatic N) is 2. The maximum absolute atomic E-state index is 4.76. The highest BCUT2D eigenvalue weighted by molar-refractivity contribution is 7.13. The van der Waals surface area contributed by atoms with Crippen molar-refractivity contribution >= 4 is 16.5 Å². The molecule has 1 N–H and O–H groups in total. The van der Waals surface area contributed by atoms with Crippen molar-refractivity contribution in [2.45, 2.75) is 51.7 Å². The van der Waals surface area contributed by atoms with Crippen molar-refractivity contribution in [3.8, 4) is 0 Å². The van der Waals surface area contributed by atoms with E-state index in [1.807, 2.05) is 0 Å². The van der Waals surface area contributed by atoms with Crippen molar-refractivity contribution in [2.75, 3.05) is 11.4 Å². The molecule has 1 saturated heterocycles. The van der Waals surface area contributed by atoms with Crippen molar-refractivity contribution in [3.63, 3.8) is 0 Å². The van der Waals surface area contributed by atoms with Crippen LogP contribution in [0.15, 0.2) is 5.38 Å². The smallest absolute Gasteiger partial charge is 0.185 e. The van der Waals surface area contributed by atoms with Gasteiger partial charge in [0, 0.05) is 30.6 Å². The summed E-state index contributed by atoms with van der Waals surface area (Å²) in [7, 11) is 0. The van der Waals surface area contributed by atoms with Gasteiger partial charge in [-0.2, -0.15) is 0 Å². The van der Waals surface area contributed by atoms with Gasteiger partial charge in [0.2, 0.25) is 0 Å².